The quantitative estimate of drug-likeness (QED) is 0.564. The zero-order valence-corrected chi connectivity index (χ0v) is 16.9. The number of aliphatic hydroxyl groups excluding tert-OH is 1. The molecular formula is C26H19NO5. The van der Waals surface area contributed by atoms with Crippen LogP contribution < -0.4 is 4.90 Å². The van der Waals surface area contributed by atoms with Gasteiger partial charge in [-0.1, -0.05) is 72.8 Å². The van der Waals surface area contributed by atoms with E-state index in [1.165, 1.54) is 29.2 Å². The summed E-state index contributed by atoms with van der Waals surface area (Å²) in [6, 6.07) is 23.0. The molecule has 0 fully saturated rings. The first kappa shape index (κ1) is 20.8. The summed E-state index contributed by atoms with van der Waals surface area (Å²) in [7, 11) is 0. The lowest BCUT2D eigenvalue weighted by Crippen LogP contribution is -2.31. The normalized spacial score (nSPS) is 16.1. The lowest BCUT2D eigenvalue weighted by molar-refractivity contribution is -0.117. The molecule has 0 aromatic heterocycles. The third kappa shape index (κ3) is 3.94. The largest absolute Gasteiger partial charge is 0.503 e. The smallest absolute Gasteiger partial charge is 0.335 e. The Labute approximate surface area is 184 Å². The Morgan fingerprint density at radius 3 is 2.19 bits per heavy atom. The lowest BCUT2D eigenvalue weighted by Gasteiger charge is -2.27. The molecule has 0 radical (unpaired) electrons. The summed E-state index contributed by atoms with van der Waals surface area (Å²) in [5, 5.41) is 20.0. The molecule has 0 bridgehead atoms. The molecule has 1 atom stereocenters. The summed E-state index contributed by atoms with van der Waals surface area (Å²) in [5.41, 5.74) is 1.61. The van der Waals surface area contributed by atoms with Gasteiger partial charge in [-0.25, -0.2) is 4.79 Å². The second kappa shape index (κ2) is 8.73. The van der Waals surface area contributed by atoms with E-state index >= 15 is 0 Å². The summed E-state index contributed by atoms with van der Waals surface area (Å²) in [6.45, 7) is 0. The molecule has 3 aromatic rings. The summed E-state index contributed by atoms with van der Waals surface area (Å²) in [4.78, 5) is 38.9. The zero-order chi connectivity index (χ0) is 22.7. The van der Waals surface area contributed by atoms with Crippen molar-refractivity contribution in [2.24, 2.45) is 0 Å². The number of allylic oxidation sites excluding steroid dienone is 1. The number of anilines is 1. The summed E-state index contributed by atoms with van der Waals surface area (Å²) < 4.78 is 0. The predicted molar refractivity (Wildman–Crippen MR) is 120 cm³/mol. The maximum Gasteiger partial charge on any atom is 0.335 e. The van der Waals surface area contributed by atoms with Gasteiger partial charge in [0.1, 0.15) is 0 Å². The number of carboxylic acids is 1. The van der Waals surface area contributed by atoms with Gasteiger partial charge in [0.15, 0.2) is 11.5 Å². The number of hydrogen-bond acceptors (Lipinski definition) is 4. The molecule has 1 aliphatic rings. The van der Waals surface area contributed by atoms with Gasteiger partial charge in [0.25, 0.3) is 5.91 Å². The third-order valence-corrected chi connectivity index (χ3v) is 5.19. The third-order valence-electron chi connectivity index (χ3n) is 5.19. The Kier molecular flexibility index (Phi) is 5.68. The van der Waals surface area contributed by atoms with Crippen molar-refractivity contribution >= 4 is 29.4 Å². The number of carboxylic acid groups (broad SMARTS) is 1. The van der Waals surface area contributed by atoms with E-state index in [0.29, 0.717) is 5.56 Å². The number of aliphatic hydroxyl groups is 1. The molecule has 1 amide bonds. The first-order valence-electron chi connectivity index (χ1n) is 9.90. The Bertz CT molecular complexity index is 1250. The molecule has 1 heterocycles. The van der Waals surface area contributed by atoms with Crippen LogP contribution in [0.25, 0.3) is 6.08 Å². The van der Waals surface area contributed by atoms with E-state index < -0.39 is 29.5 Å². The molecule has 1 aliphatic heterocycles. The molecule has 2 N–H and O–H groups in total. The molecule has 0 unspecified atom stereocenters. The SMILES string of the molecule is O=C(/C=C/c1ccccc1)C1=C(O)C(=O)N(c2cccc(C(=O)O)c2)[C@@H]1c1ccccc1. The molecule has 158 valence electrons. The van der Waals surface area contributed by atoms with Crippen molar-refractivity contribution in [1.82, 2.24) is 0 Å². The van der Waals surface area contributed by atoms with E-state index in [-0.39, 0.29) is 16.8 Å². The van der Waals surface area contributed by atoms with Crippen LogP contribution in [0.15, 0.2) is 102 Å². The first-order chi connectivity index (χ1) is 15.5. The van der Waals surface area contributed by atoms with Crippen LogP contribution in [0.3, 0.4) is 0 Å². The van der Waals surface area contributed by atoms with Gasteiger partial charge in [0.2, 0.25) is 0 Å². The first-order valence-corrected chi connectivity index (χ1v) is 9.90. The van der Waals surface area contributed by atoms with E-state index in [1.54, 1.807) is 42.5 Å². The molecule has 0 saturated heterocycles. The van der Waals surface area contributed by atoms with Crippen molar-refractivity contribution in [2.75, 3.05) is 4.90 Å². The predicted octanol–water partition coefficient (Wildman–Crippen LogP) is 4.57. The van der Waals surface area contributed by atoms with Crippen LogP contribution >= 0.6 is 0 Å². The van der Waals surface area contributed by atoms with Gasteiger partial charge in [-0.2, -0.15) is 0 Å². The minimum Gasteiger partial charge on any atom is -0.503 e. The number of nitrogens with zero attached hydrogens (tertiary/aromatic N) is 1. The monoisotopic (exact) mass is 425 g/mol. The van der Waals surface area contributed by atoms with Crippen LogP contribution in [0.1, 0.15) is 27.5 Å². The minimum atomic E-state index is -1.14. The van der Waals surface area contributed by atoms with Gasteiger partial charge in [-0.05, 0) is 35.4 Å². The highest BCUT2D eigenvalue weighted by atomic mass is 16.4. The van der Waals surface area contributed by atoms with Gasteiger partial charge >= 0.3 is 5.97 Å². The number of rotatable bonds is 6. The number of aromatic carboxylic acids is 1. The maximum atomic E-state index is 13.1. The topological polar surface area (TPSA) is 94.9 Å². The van der Waals surface area contributed by atoms with E-state index in [0.717, 1.165) is 5.56 Å². The highest BCUT2D eigenvalue weighted by molar-refractivity contribution is 6.20. The fourth-order valence-electron chi connectivity index (χ4n) is 3.69. The number of ketones is 1. The minimum absolute atomic E-state index is 0.00893. The van der Waals surface area contributed by atoms with Crippen molar-refractivity contribution in [2.45, 2.75) is 6.04 Å². The number of amides is 1. The second-order valence-electron chi connectivity index (χ2n) is 7.21. The van der Waals surface area contributed by atoms with Crippen LogP contribution in [0.4, 0.5) is 5.69 Å². The highest BCUT2D eigenvalue weighted by Crippen LogP contribution is 2.41. The van der Waals surface area contributed by atoms with Gasteiger partial charge in [-0.15, -0.1) is 0 Å². The van der Waals surface area contributed by atoms with Gasteiger partial charge in [-0.3, -0.25) is 14.5 Å². The number of carbonyl (C=O) groups excluding carboxylic acids is 2. The van der Waals surface area contributed by atoms with Crippen molar-refractivity contribution in [3.8, 4) is 0 Å². The molecule has 0 aliphatic carbocycles. The molecule has 3 aromatic carbocycles. The van der Waals surface area contributed by atoms with Crippen molar-refractivity contribution in [1.29, 1.82) is 0 Å². The lowest BCUT2D eigenvalue weighted by atomic mass is 9.95. The van der Waals surface area contributed by atoms with Crippen molar-refractivity contribution in [3.63, 3.8) is 0 Å². The van der Waals surface area contributed by atoms with Crippen LogP contribution in [-0.2, 0) is 9.59 Å². The average Bonchev–Trinajstić information content (AvgIpc) is 3.09. The molecule has 4 rings (SSSR count). The second-order valence-corrected chi connectivity index (χ2v) is 7.21. The standard InChI is InChI=1S/C26H19NO5/c28-21(15-14-17-8-3-1-4-9-17)22-23(18-10-5-2-6-11-18)27(25(30)24(22)29)20-13-7-12-19(16-20)26(31)32/h1-16,23,29H,(H,31,32)/b15-14+/t23-/m1/s1. The fourth-order valence-corrected chi connectivity index (χ4v) is 3.69. The fraction of sp³-hybridized carbons (Fsp3) is 0.0385. The Balaban J connectivity index is 1.79. The summed E-state index contributed by atoms with van der Waals surface area (Å²) in [6.07, 6.45) is 2.93. The summed E-state index contributed by atoms with van der Waals surface area (Å²) >= 11 is 0. The van der Waals surface area contributed by atoms with Gasteiger partial charge < -0.3 is 10.2 Å². The van der Waals surface area contributed by atoms with Crippen LogP contribution in [-0.4, -0.2) is 27.9 Å². The molecule has 0 spiro atoms. The van der Waals surface area contributed by atoms with E-state index in [2.05, 4.69) is 0 Å². The highest BCUT2D eigenvalue weighted by Gasteiger charge is 2.43. The maximum absolute atomic E-state index is 13.1. The molecule has 0 saturated carbocycles. The zero-order valence-electron chi connectivity index (χ0n) is 16.9. The van der Waals surface area contributed by atoms with Crippen molar-refractivity contribution in [3.05, 3.63) is 119 Å². The summed E-state index contributed by atoms with van der Waals surface area (Å²) in [5.74, 6) is -3.07. The number of carbonyl (C=O) groups is 3. The molecule has 6 nitrogen and oxygen atoms in total. The number of hydrogen-bond donors (Lipinski definition) is 2. The molecule has 6 heteroatoms. The van der Waals surface area contributed by atoms with Crippen LogP contribution in [0.2, 0.25) is 0 Å². The van der Waals surface area contributed by atoms with E-state index in [1.807, 2.05) is 30.3 Å². The van der Waals surface area contributed by atoms with E-state index in [9.17, 15) is 24.6 Å². The number of benzene rings is 3. The Morgan fingerprint density at radius 2 is 1.53 bits per heavy atom. The van der Waals surface area contributed by atoms with Crippen LogP contribution in [0.5, 0.6) is 0 Å². The molecule has 32 heavy (non-hydrogen) atoms. The Hall–Kier alpha value is -4.45. The van der Waals surface area contributed by atoms with Gasteiger partial charge in [0, 0.05) is 5.69 Å². The van der Waals surface area contributed by atoms with Crippen molar-refractivity contribution < 1.29 is 24.6 Å². The van der Waals surface area contributed by atoms with E-state index in [4.69, 9.17) is 0 Å². The Morgan fingerprint density at radius 1 is 0.875 bits per heavy atom. The average molecular weight is 425 g/mol. The van der Waals surface area contributed by atoms with Gasteiger partial charge in [0.05, 0.1) is 17.2 Å². The molecular weight excluding hydrogens is 406 g/mol. The van der Waals surface area contributed by atoms with Crippen LogP contribution in [0, 0.1) is 0 Å².